The predicted molar refractivity (Wildman–Crippen MR) is 103 cm³/mol. The first-order valence-electron chi connectivity index (χ1n) is 9.10. The summed E-state index contributed by atoms with van der Waals surface area (Å²) in [5, 5.41) is 11.6. The van der Waals surface area contributed by atoms with Crippen LogP contribution in [0.3, 0.4) is 0 Å². The fourth-order valence-corrected chi connectivity index (χ4v) is 4.18. The Hall–Kier alpha value is -1.40. The smallest absolute Gasteiger partial charge is 0.119 e. The number of aliphatic hydroxyl groups excluding tert-OH is 1. The first-order chi connectivity index (χ1) is 12.3. The summed E-state index contributed by atoms with van der Waals surface area (Å²) in [4.78, 5) is 6.43. The van der Waals surface area contributed by atoms with E-state index in [2.05, 4.69) is 51.6 Å². The molecule has 1 fully saturated rings. The minimum atomic E-state index is 0.252. The molecule has 0 radical (unpaired) electrons. The quantitative estimate of drug-likeness (QED) is 0.784. The van der Waals surface area contributed by atoms with Gasteiger partial charge in [-0.2, -0.15) is 0 Å². The minimum absolute atomic E-state index is 0.252. The van der Waals surface area contributed by atoms with Crippen LogP contribution < -0.4 is 4.74 Å². The van der Waals surface area contributed by atoms with E-state index in [-0.39, 0.29) is 6.61 Å². The maximum Gasteiger partial charge on any atom is 0.119 e. The van der Waals surface area contributed by atoms with E-state index in [1.807, 2.05) is 18.3 Å². The predicted octanol–water partition coefficient (Wildman–Crippen LogP) is 3.22. The molecule has 2 aromatic rings. The molecular weight excluding hydrogens is 332 g/mol. The zero-order valence-electron chi connectivity index (χ0n) is 14.9. The molecule has 1 N–H and O–H groups in total. The van der Waals surface area contributed by atoms with Crippen molar-refractivity contribution in [2.75, 3.05) is 32.8 Å². The number of aliphatic hydroxyl groups is 1. The van der Waals surface area contributed by atoms with Crippen molar-refractivity contribution in [3.63, 3.8) is 0 Å². The number of benzene rings is 1. The molecule has 1 aliphatic rings. The Labute approximate surface area is 154 Å². The molecule has 3 rings (SSSR count). The molecule has 25 heavy (non-hydrogen) atoms. The van der Waals surface area contributed by atoms with Gasteiger partial charge in [-0.25, -0.2) is 0 Å². The zero-order valence-corrected chi connectivity index (χ0v) is 15.8. The first kappa shape index (κ1) is 18.4. The maximum absolute atomic E-state index is 9.46. The van der Waals surface area contributed by atoms with E-state index >= 15 is 0 Å². The highest BCUT2D eigenvalue weighted by Gasteiger charge is 2.26. The second-order valence-electron chi connectivity index (χ2n) is 6.53. The van der Waals surface area contributed by atoms with Gasteiger partial charge < -0.3 is 9.84 Å². The third-order valence-corrected chi connectivity index (χ3v) is 5.59. The van der Waals surface area contributed by atoms with Crippen molar-refractivity contribution < 1.29 is 9.84 Å². The van der Waals surface area contributed by atoms with Crippen LogP contribution in [-0.2, 0) is 13.1 Å². The van der Waals surface area contributed by atoms with Crippen LogP contribution in [0, 0.1) is 0 Å². The Morgan fingerprint density at radius 2 is 2.00 bits per heavy atom. The monoisotopic (exact) mass is 360 g/mol. The second-order valence-corrected chi connectivity index (χ2v) is 7.56. The molecule has 1 unspecified atom stereocenters. The van der Waals surface area contributed by atoms with Crippen LogP contribution in [0.2, 0.25) is 0 Å². The van der Waals surface area contributed by atoms with E-state index < -0.39 is 0 Å². The summed E-state index contributed by atoms with van der Waals surface area (Å²) in [5.41, 5.74) is 1.32. The van der Waals surface area contributed by atoms with Crippen molar-refractivity contribution >= 4 is 11.3 Å². The largest absolute Gasteiger partial charge is 0.494 e. The molecule has 1 saturated heterocycles. The summed E-state index contributed by atoms with van der Waals surface area (Å²) in [5.74, 6) is 0.935. The maximum atomic E-state index is 9.46. The number of piperazine rings is 1. The van der Waals surface area contributed by atoms with Gasteiger partial charge in [-0.1, -0.05) is 18.2 Å². The van der Waals surface area contributed by atoms with Crippen molar-refractivity contribution in [2.45, 2.75) is 32.5 Å². The molecule has 1 aromatic heterocycles. The lowest BCUT2D eigenvalue weighted by Crippen LogP contribution is -2.52. The highest BCUT2D eigenvalue weighted by atomic mass is 32.1. The van der Waals surface area contributed by atoms with Gasteiger partial charge in [0.1, 0.15) is 5.75 Å². The van der Waals surface area contributed by atoms with Gasteiger partial charge >= 0.3 is 0 Å². The minimum Gasteiger partial charge on any atom is -0.494 e. The van der Waals surface area contributed by atoms with Crippen molar-refractivity contribution in [1.29, 1.82) is 0 Å². The van der Waals surface area contributed by atoms with Crippen LogP contribution in [0.25, 0.3) is 0 Å². The van der Waals surface area contributed by atoms with E-state index in [9.17, 15) is 5.11 Å². The number of ether oxygens (including phenoxy) is 1. The standard InChI is InChI=1S/C20H28N2O2S/c1-2-24-19-7-5-17(6-8-19)14-21-10-11-22(18(15-21)9-12-23)16-20-4-3-13-25-20/h3-8,13,18,23H,2,9-12,14-16H2,1H3. The molecule has 1 aliphatic heterocycles. The fraction of sp³-hybridized carbons (Fsp3) is 0.500. The Kier molecular flexibility index (Phi) is 6.87. The first-order valence-corrected chi connectivity index (χ1v) is 9.98. The van der Waals surface area contributed by atoms with E-state index in [4.69, 9.17) is 4.74 Å². The van der Waals surface area contributed by atoms with Crippen molar-refractivity contribution in [2.24, 2.45) is 0 Å². The van der Waals surface area contributed by atoms with Gasteiger partial charge in [0, 0.05) is 50.2 Å². The summed E-state index contributed by atoms with van der Waals surface area (Å²) in [6.45, 7) is 8.06. The summed E-state index contributed by atoms with van der Waals surface area (Å²) < 4.78 is 5.52. The molecular formula is C20H28N2O2S. The molecule has 136 valence electrons. The van der Waals surface area contributed by atoms with Gasteiger partial charge in [0.2, 0.25) is 0 Å². The zero-order chi connectivity index (χ0) is 17.5. The Bertz CT molecular complexity index is 615. The molecule has 2 heterocycles. The average Bonchev–Trinajstić information content (AvgIpc) is 3.13. The highest BCUT2D eigenvalue weighted by molar-refractivity contribution is 7.09. The summed E-state index contributed by atoms with van der Waals surface area (Å²) in [6, 6.07) is 13.2. The van der Waals surface area contributed by atoms with Gasteiger partial charge in [-0.15, -0.1) is 11.3 Å². The van der Waals surface area contributed by atoms with E-state index in [1.165, 1.54) is 10.4 Å². The highest BCUT2D eigenvalue weighted by Crippen LogP contribution is 2.21. The molecule has 0 aliphatic carbocycles. The van der Waals surface area contributed by atoms with Crippen LogP contribution in [0.15, 0.2) is 41.8 Å². The van der Waals surface area contributed by atoms with Gasteiger partial charge in [0.05, 0.1) is 6.61 Å². The van der Waals surface area contributed by atoms with E-state index in [0.717, 1.165) is 44.9 Å². The van der Waals surface area contributed by atoms with Crippen LogP contribution in [0.1, 0.15) is 23.8 Å². The SMILES string of the molecule is CCOc1ccc(CN2CCN(Cc3cccs3)C(CCO)C2)cc1. The number of hydrogen-bond acceptors (Lipinski definition) is 5. The molecule has 0 amide bonds. The number of thiophene rings is 1. The Morgan fingerprint density at radius 1 is 1.16 bits per heavy atom. The fourth-order valence-electron chi connectivity index (χ4n) is 3.45. The van der Waals surface area contributed by atoms with Gasteiger partial charge in [0.15, 0.2) is 0 Å². The summed E-state index contributed by atoms with van der Waals surface area (Å²) in [7, 11) is 0. The van der Waals surface area contributed by atoms with E-state index in [1.54, 1.807) is 0 Å². The van der Waals surface area contributed by atoms with Gasteiger partial charge in [-0.3, -0.25) is 9.80 Å². The van der Waals surface area contributed by atoms with Crippen molar-refractivity contribution in [3.8, 4) is 5.75 Å². The Balaban J connectivity index is 1.57. The third kappa shape index (κ3) is 5.28. The molecule has 1 atom stereocenters. The van der Waals surface area contributed by atoms with Gasteiger partial charge in [-0.05, 0) is 42.5 Å². The molecule has 0 saturated carbocycles. The van der Waals surface area contributed by atoms with Crippen molar-refractivity contribution in [1.82, 2.24) is 9.80 Å². The number of hydrogen-bond donors (Lipinski definition) is 1. The second kappa shape index (κ2) is 9.34. The summed E-state index contributed by atoms with van der Waals surface area (Å²) >= 11 is 1.82. The average molecular weight is 361 g/mol. The molecule has 0 bridgehead atoms. The van der Waals surface area contributed by atoms with Crippen LogP contribution >= 0.6 is 11.3 Å². The molecule has 0 spiro atoms. The molecule has 5 heteroatoms. The lowest BCUT2D eigenvalue weighted by Gasteiger charge is -2.41. The lowest BCUT2D eigenvalue weighted by atomic mass is 10.1. The number of nitrogens with zero attached hydrogens (tertiary/aromatic N) is 2. The van der Waals surface area contributed by atoms with Crippen LogP contribution in [0.4, 0.5) is 0 Å². The van der Waals surface area contributed by atoms with Crippen LogP contribution in [-0.4, -0.2) is 53.8 Å². The van der Waals surface area contributed by atoms with Crippen LogP contribution in [0.5, 0.6) is 5.75 Å². The van der Waals surface area contributed by atoms with Gasteiger partial charge in [0.25, 0.3) is 0 Å². The lowest BCUT2D eigenvalue weighted by molar-refractivity contribution is 0.0506. The van der Waals surface area contributed by atoms with Crippen molar-refractivity contribution in [3.05, 3.63) is 52.2 Å². The third-order valence-electron chi connectivity index (χ3n) is 4.73. The van der Waals surface area contributed by atoms with E-state index in [0.29, 0.717) is 12.6 Å². The normalized spacial score (nSPS) is 19.2. The summed E-state index contributed by atoms with van der Waals surface area (Å²) in [6.07, 6.45) is 0.838. The Morgan fingerprint density at radius 3 is 2.68 bits per heavy atom. The molecule has 4 nitrogen and oxygen atoms in total. The number of rotatable bonds is 8. The molecule has 1 aromatic carbocycles. The topological polar surface area (TPSA) is 35.9 Å².